The molecule has 2 aliphatic rings. The van der Waals surface area contributed by atoms with Gasteiger partial charge in [-0.1, -0.05) is 0 Å². The first-order valence-electron chi connectivity index (χ1n) is 9.50. The number of anilines is 1. The Hall–Kier alpha value is -3.05. The zero-order valence-electron chi connectivity index (χ0n) is 15.8. The molecule has 0 aromatic carbocycles. The number of nitrogens with zero attached hydrogens (tertiary/aromatic N) is 6. The molecule has 8 nitrogen and oxygen atoms in total. The molecule has 4 heterocycles. The Kier molecular flexibility index (Phi) is 5.17. The summed E-state index contributed by atoms with van der Waals surface area (Å²) in [6.07, 6.45) is 9.03. The Bertz CT molecular complexity index is 886. The molecule has 8 heteroatoms. The van der Waals surface area contributed by atoms with Gasteiger partial charge in [-0.05, 0) is 37.0 Å². The van der Waals surface area contributed by atoms with Gasteiger partial charge in [0.15, 0.2) is 0 Å². The van der Waals surface area contributed by atoms with E-state index >= 15 is 0 Å². The van der Waals surface area contributed by atoms with Crippen molar-refractivity contribution in [2.75, 3.05) is 24.6 Å². The second-order valence-electron chi connectivity index (χ2n) is 7.24. The number of amides is 1. The van der Waals surface area contributed by atoms with E-state index in [1.54, 1.807) is 12.3 Å². The molecule has 28 heavy (non-hydrogen) atoms. The highest BCUT2D eigenvalue weighted by Crippen LogP contribution is 2.33. The number of hydroxylamine groups is 2. The molecule has 4 rings (SSSR count). The molecule has 2 aromatic heterocycles. The Morgan fingerprint density at radius 1 is 1.18 bits per heavy atom. The molecule has 0 saturated carbocycles. The molecule has 2 fully saturated rings. The fourth-order valence-corrected chi connectivity index (χ4v) is 3.75. The first-order chi connectivity index (χ1) is 13.7. The molecular weight excluding hydrogens is 356 g/mol. The lowest BCUT2D eigenvalue weighted by molar-refractivity contribution is -0.182. The van der Waals surface area contributed by atoms with Crippen LogP contribution < -0.4 is 4.90 Å². The fraction of sp³-hybridized carbons (Fsp3) is 0.450. The second-order valence-corrected chi connectivity index (χ2v) is 7.24. The number of hydrogen-bond donors (Lipinski definition) is 0. The van der Waals surface area contributed by atoms with Gasteiger partial charge < -0.3 is 4.90 Å². The van der Waals surface area contributed by atoms with E-state index in [-0.39, 0.29) is 17.9 Å². The van der Waals surface area contributed by atoms with E-state index in [1.165, 1.54) is 11.3 Å². The first kappa shape index (κ1) is 18.3. The number of nitriles is 1. The monoisotopic (exact) mass is 378 g/mol. The van der Waals surface area contributed by atoms with Gasteiger partial charge in [0.25, 0.3) is 0 Å². The van der Waals surface area contributed by atoms with Crippen molar-refractivity contribution in [3.8, 4) is 6.07 Å². The van der Waals surface area contributed by atoms with E-state index in [0.29, 0.717) is 24.5 Å². The highest BCUT2D eigenvalue weighted by Gasteiger charge is 2.37. The predicted octanol–water partition coefficient (Wildman–Crippen LogP) is 2.17. The maximum absolute atomic E-state index is 13.1. The summed E-state index contributed by atoms with van der Waals surface area (Å²) in [5, 5.41) is 10.6. The molecule has 144 valence electrons. The molecule has 0 spiro atoms. The Morgan fingerprint density at radius 3 is 2.64 bits per heavy atom. The summed E-state index contributed by atoms with van der Waals surface area (Å²) in [5.41, 5.74) is 2.36. The lowest BCUT2D eigenvalue weighted by Gasteiger charge is -2.34. The van der Waals surface area contributed by atoms with E-state index in [2.05, 4.69) is 25.9 Å². The molecular formula is C20H22N6O2. The molecule has 0 N–H and O–H groups in total. The largest absolute Gasteiger partial charge is 0.341 e. The number of hydrogen-bond acceptors (Lipinski definition) is 7. The summed E-state index contributed by atoms with van der Waals surface area (Å²) in [6.45, 7) is 3.93. The second kappa shape index (κ2) is 7.90. The molecule has 0 aliphatic carbocycles. The Balaban J connectivity index is 1.41. The third kappa shape index (κ3) is 3.66. The summed E-state index contributed by atoms with van der Waals surface area (Å²) in [7, 11) is 0. The van der Waals surface area contributed by atoms with E-state index < -0.39 is 0 Å². The summed E-state index contributed by atoms with van der Waals surface area (Å²) in [6, 6.07) is 3.69. The van der Waals surface area contributed by atoms with Crippen molar-refractivity contribution in [3.05, 3.63) is 47.5 Å². The van der Waals surface area contributed by atoms with Crippen molar-refractivity contribution in [1.29, 1.82) is 5.26 Å². The lowest BCUT2D eigenvalue weighted by Crippen LogP contribution is -2.42. The van der Waals surface area contributed by atoms with Crippen LogP contribution in [0, 0.1) is 24.2 Å². The maximum atomic E-state index is 13.1. The molecule has 0 radical (unpaired) electrons. The van der Waals surface area contributed by atoms with Gasteiger partial charge in [-0.3, -0.25) is 14.6 Å². The quantitative estimate of drug-likeness (QED) is 0.808. The third-order valence-electron chi connectivity index (χ3n) is 5.29. The van der Waals surface area contributed by atoms with E-state index in [4.69, 9.17) is 10.1 Å². The Morgan fingerprint density at radius 2 is 1.93 bits per heavy atom. The molecule has 2 aliphatic heterocycles. The zero-order valence-corrected chi connectivity index (χ0v) is 15.8. The van der Waals surface area contributed by atoms with Crippen LogP contribution >= 0.6 is 0 Å². The van der Waals surface area contributed by atoms with E-state index in [1.807, 2.05) is 19.3 Å². The smallest absolute Gasteiger partial charge is 0.249 e. The van der Waals surface area contributed by atoms with Gasteiger partial charge in [0.1, 0.15) is 6.07 Å². The van der Waals surface area contributed by atoms with Crippen molar-refractivity contribution < 1.29 is 9.63 Å². The molecule has 0 unspecified atom stereocenters. The van der Waals surface area contributed by atoms with Gasteiger partial charge in [-0.2, -0.15) is 5.26 Å². The molecule has 1 amide bonds. The average molecular weight is 378 g/mol. The van der Waals surface area contributed by atoms with Crippen LogP contribution in [0.2, 0.25) is 0 Å². The molecule has 2 aromatic rings. The standard InChI is InChI=1S/C20H22N6O2/c1-14-10-23-20(24-11-14)25-5-2-16(3-6-25)19(27)26-18(4-7-28-26)17-8-15(9-21)12-22-13-17/h8,10-13,16,18H,2-7H2,1H3/t18-/m0/s1. The van der Waals surface area contributed by atoms with Crippen LogP contribution in [0.25, 0.3) is 0 Å². The molecule has 2 saturated heterocycles. The van der Waals surface area contributed by atoms with Crippen LogP contribution in [0.3, 0.4) is 0 Å². The highest BCUT2D eigenvalue weighted by molar-refractivity contribution is 5.79. The van der Waals surface area contributed by atoms with Gasteiger partial charge in [0, 0.05) is 50.2 Å². The van der Waals surface area contributed by atoms with Crippen LogP contribution in [0.4, 0.5) is 5.95 Å². The normalized spacial score (nSPS) is 20.2. The van der Waals surface area contributed by atoms with Crippen LogP contribution in [0.15, 0.2) is 30.9 Å². The number of aryl methyl sites for hydroxylation is 1. The van der Waals surface area contributed by atoms with E-state index in [9.17, 15) is 4.79 Å². The van der Waals surface area contributed by atoms with Crippen LogP contribution in [-0.4, -0.2) is 45.6 Å². The number of carbonyl (C=O) groups is 1. The number of carbonyl (C=O) groups excluding carboxylic acids is 1. The summed E-state index contributed by atoms with van der Waals surface area (Å²) in [4.78, 5) is 33.8. The minimum absolute atomic E-state index is 0.00864. The van der Waals surface area contributed by atoms with E-state index in [0.717, 1.165) is 37.1 Å². The van der Waals surface area contributed by atoms with Crippen LogP contribution in [-0.2, 0) is 9.63 Å². The van der Waals surface area contributed by atoms with Crippen LogP contribution in [0.1, 0.15) is 42.0 Å². The van der Waals surface area contributed by atoms with Crippen molar-refractivity contribution in [2.24, 2.45) is 5.92 Å². The van der Waals surface area contributed by atoms with Crippen molar-refractivity contribution in [2.45, 2.75) is 32.2 Å². The minimum atomic E-state index is -0.188. The lowest BCUT2D eigenvalue weighted by atomic mass is 9.95. The zero-order chi connectivity index (χ0) is 19.5. The van der Waals surface area contributed by atoms with Crippen molar-refractivity contribution in [3.63, 3.8) is 0 Å². The number of piperidine rings is 1. The predicted molar refractivity (Wildman–Crippen MR) is 101 cm³/mol. The maximum Gasteiger partial charge on any atom is 0.249 e. The van der Waals surface area contributed by atoms with Crippen molar-refractivity contribution in [1.82, 2.24) is 20.0 Å². The van der Waals surface area contributed by atoms with Crippen LogP contribution in [0.5, 0.6) is 0 Å². The SMILES string of the molecule is Cc1cnc(N2CCC(C(=O)N3OCC[C@H]3c3cncc(C#N)c3)CC2)nc1. The third-order valence-corrected chi connectivity index (χ3v) is 5.29. The summed E-state index contributed by atoms with van der Waals surface area (Å²) < 4.78 is 0. The van der Waals surface area contributed by atoms with Gasteiger partial charge in [-0.25, -0.2) is 15.0 Å². The average Bonchev–Trinajstić information content (AvgIpc) is 3.24. The molecule has 0 bridgehead atoms. The van der Waals surface area contributed by atoms with Gasteiger partial charge in [0.05, 0.1) is 18.2 Å². The number of aromatic nitrogens is 3. The topological polar surface area (TPSA) is 95.2 Å². The summed E-state index contributed by atoms with van der Waals surface area (Å²) >= 11 is 0. The van der Waals surface area contributed by atoms with Crippen molar-refractivity contribution >= 4 is 11.9 Å². The van der Waals surface area contributed by atoms with Gasteiger partial charge in [0.2, 0.25) is 11.9 Å². The number of pyridine rings is 1. The molecule has 1 atom stereocenters. The highest BCUT2D eigenvalue weighted by atomic mass is 16.7. The fourth-order valence-electron chi connectivity index (χ4n) is 3.75. The van der Waals surface area contributed by atoms with Gasteiger partial charge in [-0.15, -0.1) is 0 Å². The van der Waals surface area contributed by atoms with Gasteiger partial charge >= 0.3 is 0 Å². The number of rotatable bonds is 3. The first-order valence-corrected chi connectivity index (χ1v) is 9.50. The minimum Gasteiger partial charge on any atom is -0.341 e. The summed E-state index contributed by atoms with van der Waals surface area (Å²) in [5.74, 6) is 0.634. The Labute approximate surface area is 163 Å².